The maximum absolute atomic E-state index is 13.7. The molecule has 0 saturated carbocycles. The zero-order valence-corrected chi connectivity index (χ0v) is 14.7. The smallest absolute Gasteiger partial charge is 0.323 e. The largest absolute Gasteiger partial charge is 0.480 e. The van der Waals surface area contributed by atoms with Crippen LogP contribution in [0.3, 0.4) is 0 Å². The van der Waals surface area contributed by atoms with E-state index in [-0.39, 0.29) is 24.7 Å². The first kappa shape index (κ1) is 19.2. The van der Waals surface area contributed by atoms with Gasteiger partial charge in [-0.25, -0.2) is 4.39 Å². The minimum atomic E-state index is -1.09. The van der Waals surface area contributed by atoms with Gasteiger partial charge in [0.05, 0.1) is 5.25 Å². The maximum atomic E-state index is 13.7. The number of carboxylic acid groups (broad SMARTS) is 1. The Morgan fingerprint density at radius 3 is 2.72 bits per heavy atom. The van der Waals surface area contributed by atoms with Gasteiger partial charge in [-0.3, -0.25) is 14.4 Å². The first-order valence-corrected chi connectivity index (χ1v) is 9.13. The summed E-state index contributed by atoms with van der Waals surface area (Å²) in [6.45, 7) is 1.78. The summed E-state index contributed by atoms with van der Waals surface area (Å²) in [7, 11) is 0. The van der Waals surface area contributed by atoms with Crippen molar-refractivity contribution >= 4 is 29.5 Å². The Bertz CT molecular complexity index is 655. The van der Waals surface area contributed by atoms with Crippen LogP contribution in [0.25, 0.3) is 0 Å². The molecule has 2 N–H and O–H groups in total. The molecule has 6 nitrogen and oxygen atoms in total. The highest BCUT2D eigenvalue weighted by atomic mass is 32.2. The molecule has 0 radical (unpaired) electrons. The molecule has 2 atom stereocenters. The van der Waals surface area contributed by atoms with Gasteiger partial charge < -0.3 is 15.3 Å². The molecule has 1 aliphatic rings. The van der Waals surface area contributed by atoms with E-state index < -0.39 is 23.2 Å². The molecular formula is C17H21FN2O4S. The second-order valence-electron chi connectivity index (χ2n) is 5.83. The molecule has 1 saturated heterocycles. The molecule has 0 aromatic heterocycles. The van der Waals surface area contributed by atoms with Crippen molar-refractivity contribution in [2.45, 2.75) is 31.1 Å². The van der Waals surface area contributed by atoms with Gasteiger partial charge in [0.2, 0.25) is 11.8 Å². The van der Waals surface area contributed by atoms with E-state index in [2.05, 4.69) is 5.32 Å². The number of nitrogens with one attached hydrogen (secondary N) is 1. The lowest BCUT2D eigenvalue weighted by Gasteiger charge is -2.31. The van der Waals surface area contributed by atoms with Crippen molar-refractivity contribution in [1.82, 2.24) is 10.2 Å². The Kier molecular flexibility index (Phi) is 6.81. The number of amides is 2. The monoisotopic (exact) mass is 368 g/mol. The number of hydrogen-bond donors (Lipinski definition) is 2. The quantitative estimate of drug-likeness (QED) is 0.757. The summed E-state index contributed by atoms with van der Waals surface area (Å²) in [5.41, 5.74) is 0.457. The fourth-order valence-electron chi connectivity index (χ4n) is 2.66. The lowest BCUT2D eigenvalue weighted by Crippen LogP contribution is -2.56. The highest BCUT2D eigenvalue weighted by molar-refractivity contribution is 8.00. The lowest BCUT2D eigenvalue weighted by molar-refractivity contribution is -0.145. The van der Waals surface area contributed by atoms with Crippen LogP contribution in [-0.4, -0.2) is 57.9 Å². The molecule has 2 rings (SSSR count). The van der Waals surface area contributed by atoms with E-state index in [0.717, 1.165) is 0 Å². The third-order valence-electron chi connectivity index (χ3n) is 3.87. The number of hydrogen-bond acceptors (Lipinski definition) is 4. The van der Waals surface area contributed by atoms with Gasteiger partial charge in [0, 0.05) is 12.3 Å². The van der Waals surface area contributed by atoms with Gasteiger partial charge in [0.15, 0.2) is 0 Å². The topological polar surface area (TPSA) is 86.7 Å². The van der Waals surface area contributed by atoms with Crippen molar-refractivity contribution in [3.05, 3.63) is 35.6 Å². The number of carboxylic acids is 1. The molecule has 1 aromatic rings. The summed E-state index contributed by atoms with van der Waals surface area (Å²) >= 11 is 1.29. The van der Waals surface area contributed by atoms with E-state index in [0.29, 0.717) is 24.3 Å². The molecule has 2 amide bonds. The standard InChI is InChI=1S/C17H21FN2O4S/c1-2-7-20(9-15(21)22)17(24)13-10-25-14(16(23)19-13)8-11-5-3-4-6-12(11)18/h3-6,13-14H,2,7-10H2,1H3,(H,19,23)(H,21,22). The third kappa shape index (κ3) is 5.19. The van der Waals surface area contributed by atoms with Gasteiger partial charge in [-0.05, 0) is 24.5 Å². The minimum Gasteiger partial charge on any atom is -0.480 e. The van der Waals surface area contributed by atoms with Crippen molar-refractivity contribution < 1.29 is 23.9 Å². The van der Waals surface area contributed by atoms with Gasteiger partial charge in [-0.15, -0.1) is 11.8 Å². The van der Waals surface area contributed by atoms with Crippen LogP contribution in [0.2, 0.25) is 0 Å². The molecule has 2 unspecified atom stereocenters. The molecule has 0 bridgehead atoms. The van der Waals surface area contributed by atoms with Gasteiger partial charge >= 0.3 is 5.97 Å². The second-order valence-corrected chi connectivity index (χ2v) is 7.07. The Labute approximate surface area is 149 Å². The number of carbonyl (C=O) groups is 3. The second kappa shape index (κ2) is 8.84. The van der Waals surface area contributed by atoms with Gasteiger partial charge in [0.25, 0.3) is 0 Å². The van der Waals surface area contributed by atoms with Crippen molar-refractivity contribution in [3.63, 3.8) is 0 Å². The van der Waals surface area contributed by atoms with E-state index >= 15 is 0 Å². The third-order valence-corrected chi connectivity index (χ3v) is 5.17. The average Bonchev–Trinajstić information content (AvgIpc) is 2.57. The van der Waals surface area contributed by atoms with Crippen molar-refractivity contribution in [1.29, 1.82) is 0 Å². The number of rotatable bonds is 7. The van der Waals surface area contributed by atoms with E-state index in [1.165, 1.54) is 22.7 Å². The van der Waals surface area contributed by atoms with Crippen molar-refractivity contribution in [2.24, 2.45) is 0 Å². The number of benzene rings is 1. The molecule has 1 heterocycles. The predicted molar refractivity (Wildman–Crippen MR) is 92.8 cm³/mol. The Morgan fingerprint density at radius 2 is 2.12 bits per heavy atom. The maximum Gasteiger partial charge on any atom is 0.323 e. The van der Waals surface area contributed by atoms with E-state index in [1.807, 2.05) is 6.92 Å². The lowest BCUT2D eigenvalue weighted by atomic mass is 10.1. The van der Waals surface area contributed by atoms with Crippen LogP contribution < -0.4 is 5.32 Å². The SMILES string of the molecule is CCCN(CC(=O)O)C(=O)C1CSC(Cc2ccccc2F)C(=O)N1. The van der Waals surface area contributed by atoms with Crippen molar-refractivity contribution in [3.8, 4) is 0 Å². The number of nitrogens with zero attached hydrogens (tertiary/aromatic N) is 1. The molecule has 1 aromatic carbocycles. The molecule has 1 aliphatic heterocycles. The van der Waals surface area contributed by atoms with E-state index in [4.69, 9.17) is 5.11 Å². The molecule has 0 aliphatic carbocycles. The molecular weight excluding hydrogens is 347 g/mol. The average molecular weight is 368 g/mol. The number of carbonyl (C=O) groups excluding carboxylic acids is 2. The zero-order chi connectivity index (χ0) is 18.4. The molecule has 136 valence electrons. The first-order chi connectivity index (χ1) is 11.9. The number of halogens is 1. The summed E-state index contributed by atoms with van der Waals surface area (Å²) in [5, 5.41) is 11.1. The van der Waals surface area contributed by atoms with Crippen LogP contribution in [-0.2, 0) is 20.8 Å². The van der Waals surface area contributed by atoms with Gasteiger partial charge in [0.1, 0.15) is 18.4 Å². The minimum absolute atomic E-state index is 0.248. The van der Waals surface area contributed by atoms with E-state index in [9.17, 15) is 18.8 Å². The van der Waals surface area contributed by atoms with Crippen LogP contribution in [0.15, 0.2) is 24.3 Å². The van der Waals surface area contributed by atoms with Crippen LogP contribution in [0, 0.1) is 5.82 Å². The van der Waals surface area contributed by atoms with Gasteiger partial charge in [-0.1, -0.05) is 25.1 Å². The fourth-order valence-corrected chi connectivity index (χ4v) is 3.83. The van der Waals surface area contributed by atoms with E-state index in [1.54, 1.807) is 18.2 Å². The summed E-state index contributed by atoms with van der Waals surface area (Å²) in [6.07, 6.45) is 0.876. The van der Waals surface area contributed by atoms with Crippen LogP contribution in [0.1, 0.15) is 18.9 Å². The Hall–Kier alpha value is -2.09. The summed E-state index contributed by atoms with van der Waals surface area (Å²) in [4.78, 5) is 36.9. The molecule has 1 fully saturated rings. The number of aliphatic carboxylic acids is 1. The summed E-state index contributed by atoms with van der Waals surface area (Å²) in [6, 6.07) is 5.54. The van der Waals surface area contributed by atoms with Crippen LogP contribution in [0.5, 0.6) is 0 Å². The summed E-state index contributed by atoms with van der Waals surface area (Å²) in [5.74, 6) is -1.83. The molecule has 25 heavy (non-hydrogen) atoms. The Morgan fingerprint density at radius 1 is 1.40 bits per heavy atom. The van der Waals surface area contributed by atoms with Crippen LogP contribution >= 0.6 is 11.8 Å². The predicted octanol–water partition coefficient (Wildman–Crippen LogP) is 1.29. The Balaban J connectivity index is 1.98. The summed E-state index contributed by atoms with van der Waals surface area (Å²) < 4.78 is 13.7. The highest BCUT2D eigenvalue weighted by Gasteiger charge is 2.35. The first-order valence-electron chi connectivity index (χ1n) is 8.08. The number of thioether (sulfide) groups is 1. The molecule has 0 spiro atoms. The van der Waals surface area contributed by atoms with Gasteiger partial charge in [-0.2, -0.15) is 0 Å². The zero-order valence-electron chi connectivity index (χ0n) is 13.9. The highest BCUT2D eigenvalue weighted by Crippen LogP contribution is 2.24. The fraction of sp³-hybridized carbons (Fsp3) is 0.471. The van der Waals surface area contributed by atoms with Crippen LogP contribution in [0.4, 0.5) is 4.39 Å². The normalized spacial score (nSPS) is 20.0. The van der Waals surface area contributed by atoms with Crippen molar-refractivity contribution in [2.75, 3.05) is 18.8 Å². The molecule has 8 heteroatoms.